The minimum absolute atomic E-state index is 0.208. The number of hydrogen-bond acceptors (Lipinski definition) is 1. The van der Waals surface area contributed by atoms with E-state index < -0.39 is 8.24 Å². The summed E-state index contributed by atoms with van der Waals surface area (Å²) in [5.74, 6) is 0.208. The minimum atomic E-state index is -1.43. The van der Waals surface area contributed by atoms with Gasteiger partial charge in [-0.3, -0.25) is 4.79 Å². The summed E-state index contributed by atoms with van der Waals surface area (Å²) < 4.78 is 2.02. The molecular weight excluding hydrogens is 154 g/mol. The highest BCUT2D eigenvalue weighted by Crippen LogP contribution is 2.13. The van der Waals surface area contributed by atoms with Crippen molar-refractivity contribution in [1.29, 1.82) is 0 Å². The van der Waals surface area contributed by atoms with E-state index in [-0.39, 0.29) is 5.91 Å². The standard InChI is InChI=1S/C8H19NOSi/c1-7(2)9(8(3)10)11(4,5)6/h7H,1-6H3. The van der Waals surface area contributed by atoms with Gasteiger partial charge in [0.25, 0.3) is 0 Å². The highest BCUT2D eigenvalue weighted by atomic mass is 28.3. The molecular formula is C8H19NOSi. The Bertz CT molecular complexity index is 149. The van der Waals surface area contributed by atoms with Crippen LogP contribution in [0.4, 0.5) is 0 Å². The molecule has 0 fully saturated rings. The van der Waals surface area contributed by atoms with Gasteiger partial charge in [0.15, 0.2) is 8.24 Å². The van der Waals surface area contributed by atoms with Gasteiger partial charge in [0.1, 0.15) is 0 Å². The fourth-order valence-electron chi connectivity index (χ4n) is 1.61. The van der Waals surface area contributed by atoms with Gasteiger partial charge >= 0.3 is 0 Å². The van der Waals surface area contributed by atoms with Crippen molar-refractivity contribution in [3.05, 3.63) is 0 Å². The van der Waals surface area contributed by atoms with E-state index in [1.54, 1.807) is 6.92 Å². The summed E-state index contributed by atoms with van der Waals surface area (Å²) in [6.45, 7) is 12.4. The molecule has 0 rings (SSSR count). The van der Waals surface area contributed by atoms with Gasteiger partial charge in [-0.1, -0.05) is 19.6 Å². The normalized spacial score (nSPS) is 11.9. The minimum Gasteiger partial charge on any atom is -0.368 e. The van der Waals surface area contributed by atoms with Crippen molar-refractivity contribution < 1.29 is 4.79 Å². The second-order valence-electron chi connectivity index (χ2n) is 4.15. The summed E-state index contributed by atoms with van der Waals surface area (Å²) in [5, 5.41) is 0. The van der Waals surface area contributed by atoms with Gasteiger partial charge in [0.2, 0.25) is 5.91 Å². The Labute approximate surface area is 70.7 Å². The van der Waals surface area contributed by atoms with Crippen LogP contribution in [-0.4, -0.2) is 24.7 Å². The third-order valence-corrected chi connectivity index (χ3v) is 3.86. The maximum Gasteiger partial charge on any atom is 0.211 e. The molecule has 0 saturated heterocycles. The molecule has 0 atom stereocenters. The highest BCUT2D eigenvalue weighted by Gasteiger charge is 2.27. The quantitative estimate of drug-likeness (QED) is 0.585. The second kappa shape index (κ2) is 3.39. The maximum atomic E-state index is 11.2. The van der Waals surface area contributed by atoms with Gasteiger partial charge in [0, 0.05) is 13.0 Å². The van der Waals surface area contributed by atoms with Crippen molar-refractivity contribution in [1.82, 2.24) is 4.57 Å². The fraction of sp³-hybridized carbons (Fsp3) is 0.875. The molecule has 0 spiro atoms. The average molecular weight is 173 g/mol. The van der Waals surface area contributed by atoms with E-state index in [4.69, 9.17) is 0 Å². The van der Waals surface area contributed by atoms with Crippen molar-refractivity contribution >= 4 is 14.1 Å². The van der Waals surface area contributed by atoms with Crippen molar-refractivity contribution in [2.45, 2.75) is 46.5 Å². The van der Waals surface area contributed by atoms with Crippen molar-refractivity contribution in [2.24, 2.45) is 0 Å². The van der Waals surface area contributed by atoms with Crippen LogP contribution in [0.1, 0.15) is 20.8 Å². The van der Waals surface area contributed by atoms with E-state index >= 15 is 0 Å². The van der Waals surface area contributed by atoms with Crippen LogP contribution in [0.3, 0.4) is 0 Å². The third-order valence-electron chi connectivity index (χ3n) is 1.58. The van der Waals surface area contributed by atoms with Gasteiger partial charge in [-0.15, -0.1) is 0 Å². The number of hydrogen-bond donors (Lipinski definition) is 0. The van der Waals surface area contributed by atoms with Crippen LogP contribution in [0.2, 0.25) is 19.6 Å². The van der Waals surface area contributed by atoms with E-state index in [1.807, 2.05) is 4.57 Å². The zero-order valence-corrected chi connectivity index (χ0v) is 9.43. The lowest BCUT2D eigenvalue weighted by atomic mass is 10.4. The molecule has 0 aromatic carbocycles. The number of nitrogens with zero attached hydrogens (tertiary/aromatic N) is 1. The zero-order valence-electron chi connectivity index (χ0n) is 8.43. The summed E-state index contributed by atoms with van der Waals surface area (Å²) in [4.78, 5) is 11.2. The van der Waals surface area contributed by atoms with E-state index in [0.717, 1.165) is 0 Å². The first-order chi connectivity index (χ1) is 4.76. The first-order valence-corrected chi connectivity index (χ1v) is 7.51. The van der Waals surface area contributed by atoms with Crippen molar-refractivity contribution in [3.8, 4) is 0 Å². The Balaban J connectivity index is 4.49. The second-order valence-corrected chi connectivity index (χ2v) is 8.98. The van der Waals surface area contributed by atoms with Crippen LogP contribution < -0.4 is 0 Å². The number of amides is 1. The molecule has 3 heteroatoms. The molecule has 0 aliphatic rings. The lowest BCUT2D eigenvalue weighted by molar-refractivity contribution is -0.125. The van der Waals surface area contributed by atoms with Crippen LogP contribution >= 0.6 is 0 Å². The molecule has 0 aromatic heterocycles. The molecule has 66 valence electrons. The number of carbonyl (C=O) groups excluding carboxylic acids is 1. The molecule has 0 radical (unpaired) electrons. The first kappa shape index (κ1) is 10.7. The molecule has 0 saturated carbocycles. The molecule has 0 aliphatic heterocycles. The van der Waals surface area contributed by atoms with Gasteiger partial charge in [-0.25, -0.2) is 0 Å². The molecule has 0 aliphatic carbocycles. The molecule has 11 heavy (non-hydrogen) atoms. The van der Waals surface area contributed by atoms with Crippen LogP contribution in [0.5, 0.6) is 0 Å². The van der Waals surface area contributed by atoms with Crippen LogP contribution in [0, 0.1) is 0 Å². The van der Waals surface area contributed by atoms with Crippen molar-refractivity contribution in [3.63, 3.8) is 0 Å². The predicted molar refractivity (Wildman–Crippen MR) is 51.0 cm³/mol. The maximum absolute atomic E-state index is 11.2. The highest BCUT2D eigenvalue weighted by molar-refractivity contribution is 6.75. The van der Waals surface area contributed by atoms with E-state index in [9.17, 15) is 4.79 Å². The van der Waals surface area contributed by atoms with E-state index in [2.05, 4.69) is 33.5 Å². The smallest absolute Gasteiger partial charge is 0.211 e. The van der Waals surface area contributed by atoms with Gasteiger partial charge in [-0.2, -0.15) is 0 Å². The topological polar surface area (TPSA) is 20.3 Å². The van der Waals surface area contributed by atoms with Gasteiger partial charge in [0.05, 0.1) is 0 Å². The first-order valence-electron chi connectivity index (χ1n) is 4.06. The molecule has 0 heterocycles. The summed E-state index contributed by atoms with van der Waals surface area (Å²) >= 11 is 0. The fourth-order valence-corrected chi connectivity index (χ4v) is 4.10. The summed E-state index contributed by atoms with van der Waals surface area (Å²) in [7, 11) is -1.43. The van der Waals surface area contributed by atoms with Crippen LogP contribution in [0.25, 0.3) is 0 Å². The summed E-state index contributed by atoms with van der Waals surface area (Å²) in [5.41, 5.74) is 0. The number of rotatable bonds is 2. The van der Waals surface area contributed by atoms with E-state index in [1.165, 1.54) is 0 Å². The largest absolute Gasteiger partial charge is 0.368 e. The molecule has 1 amide bonds. The van der Waals surface area contributed by atoms with Crippen LogP contribution in [0.15, 0.2) is 0 Å². The number of carbonyl (C=O) groups is 1. The molecule has 2 nitrogen and oxygen atoms in total. The summed E-state index contributed by atoms with van der Waals surface area (Å²) in [6.07, 6.45) is 0. The predicted octanol–water partition coefficient (Wildman–Crippen LogP) is 2.08. The molecule has 0 aromatic rings. The SMILES string of the molecule is CC(=O)N(C(C)C)[Si](C)(C)C. The Kier molecular flexibility index (Phi) is 3.29. The van der Waals surface area contributed by atoms with Crippen LogP contribution in [-0.2, 0) is 4.79 Å². The monoisotopic (exact) mass is 173 g/mol. The van der Waals surface area contributed by atoms with E-state index in [0.29, 0.717) is 6.04 Å². The third kappa shape index (κ3) is 3.06. The van der Waals surface area contributed by atoms with Crippen molar-refractivity contribution in [2.75, 3.05) is 0 Å². The Morgan fingerprint density at radius 2 is 1.64 bits per heavy atom. The Hall–Kier alpha value is -0.313. The molecule has 0 unspecified atom stereocenters. The van der Waals surface area contributed by atoms with Gasteiger partial charge in [-0.05, 0) is 13.8 Å². The zero-order chi connectivity index (χ0) is 9.23. The Morgan fingerprint density at radius 1 is 1.27 bits per heavy atom. The molecule has 0 N–H and O–H groups in total. The lowest BCUT2D eigenvalue weighted by Crippen LogP contribution is -2.52. The lowest BCUT2D eigenvalue weighted by Gasteiger charge is -2.36. The summed E-state index contributed by atoms with van der Waals surface area (Å²) in [6, 6.07) is 0.346. The molecule has 0 bridgehead atoms. The Morgan fingerprint density at radius 3 is 1.64 bits per heavy atom. The average Bonchev–Trinajstić information content (AvgIpc) is 1.54. The van der Waals surface area contributed by atoms with Gasteiger partial charge < -0.3 is 4.57 Å².